The average Bonchev–Trinajstić information content (AvgIpc) is 2.03. The van der Waals surface area contributed by atoms with Gasteiger partial charge < -0.3 is 9.66 Å². The molecule has 0 fully saturated rings. The van der Waals surface area contributed by atoms with Crippen molar-refractivity contribution in [3.05, 3.63) is 35.9 Å². The summed E-state index contributed by atoms with van der Waals surface area (Å²) in [5.74, 6) is -0.786. The molecule has 0 saturated carbocycles. The fourth-order valence-electron chi connectivity index (χ4n) is 0.770. The minimum atomic E-state index is -1.86. The van der Waals surface area contributed by atoms with Gasteiger partial charge in [-0.2, -0.15) is 0 Å². The molecular weight excluding hydrogens is 227 g/mol. The van der Waals surface area contributed by atoms with Crippen molar-refractivity contribution in [3.8, 4) is 0 Å². The number of hydrogen-bond acceptors (Lipinski definition) is 3. The molecular formula is C9H11NaO4S. The zero-order valence-electron chi connectivity index (χ0n) is 8.67. The molecule has 0 aliphatic heterocycles. The monoisotopic (exact) mass is 238 g/mol. The van der Waals surface area contributed by atoms with Gasteiger partial charge in [-0.15, -0.1) is 0 Å². The Morgan fingerprint density at radius 3 is 2.13 bits per heavy atom. The number of aliphatic carboxylic acids is 1. The molecule has 15 heavy (non-hydrogen) atoms. The van der Waals surface area contributed by atoms with Crippen LogP contribution >= 0.6 is 0 Å². The van der Waals surface area contributed by atoms with Crippen LogP contribution in [0.3, 0.4) is 0 Å². The van der Waals surface area contributed by atoms with Gasteiger partial charge in [0.25, 0.3) is 0 Å². The minimum absolute atomic E-state index is 0. The van der Waals surface area contributed by atoms with Crippen LogP contribution in [0.2, 0.25) is 0 Å². The van der Waals surface area contributed by atoms with Crippen molar-refractivity contribution >= 4 is 17.0 Å². The first-order valence-electron chi connectivity index (χ1n) is 3.79. The van der Waals surface area contributed by atoms with Gasteiger partial charge in [0.2, 0.25) is 0 Å². The van der Waals surface area contributed by atoms with Crippen molar-refractivity contribution in [2.45, 2.75) is 6.42 Å². The van der Waals surface area contributed by atoms with E-state index in [0.717, 1.165) is 11.8 Å². The first-order chi connectivity index (χ1) is 6.52. The first-order valence-corrected chi connectivity index (χ1v) is 5.27. The normalized spacial score (nSPS) is 10.3. The predicted molar refractivity (Wildman–Crippen MR) is 52.6 cm³/mol. The molecule has 1 atom stereocenters. The summed E-state index contributed by atoms with van der Waals surface area (Å²) < 4.78 is 18.0. The third-order valence-corrected chi connectivity index (χ3v) is 1.20. The van der Waals surface area contributed by atoms with Crippen LogP contribution < -0.4 is 29.6 Å². The van der Waals surface area contributed by atoms with Gasteiger partial charge in [0.15, 0.2) is 0 Å². The fraction of sp³-hybridized carbons (Fsp3) is 0.222. The second-order valence-electron chi connectivity index (χ2n) is 2.46. The molecule has 0 spiro atoms. The third-order valence-electron chi connectivity index (χ3n) is 1.20. The Morgan fingerprint density at radius 2 is 1.80 bits per heavy atom. The molecule has 0 heterocycles. The molecule has 0 radical (unpaired) electrons. The fourth-order valence-corrected chi connectivity index (χ4v) is 0.770. The summed E-state index contributed by atoms with van der Waals surface area (Å²) >= 11 is -1.86. The van der Waals surface area contributed by atoms with Crippen LogP contribution in [0.25, 0.3) is 0 Å². The van der Waals surface area contributed by atoms with Gasteiger partial charge in [-0.05, 0) is 11.8 Å². The molecule has 0 aliphatic rings. The van der Waals surface area contributed by atoms with Crippen LogP contribution in [0.4, 0.5) is 0 Å². The maximum atomic E-state index is 10.2. The zero-order valence-corrected chi connectivity index (χ0v) is 11.5. The number of rotatable bonds is 2. The molecule has 1 aromatic rings. The van der Waals surface area contributed by atoms with E-state index in [9.17, 15) is 4.79 Å². The van der Waals surface area contributed by atoms with E-state index in [4.69, 9.17) is 13.9 Å². The van der Waals surface area contributed by atoms with Crippen LogP contribution in [-0.2, 0) is 22.3 Å². The summed E-state index contributed by atoms with van der Waals surface area (Å²) in [7, 11) is 0. The number of carboxylic acid groups (broad SMARTS) is 1. The molecule has 1 N–H and O–H groups in total. The van der Waals surface area contributed by atoms with Gasteiger partial charge in [0, 0.05) is 0 Å². The van der Waals surface area contributed by atoms with Crippen LogP contribution in [0.5, 0.6) is 0 Å². The van der Waals surface area contributed by atoms with E-state index in [1.165, 1.54) is 0 Å². The van der Waals surface area contributed by atoms with Crippen molar-refractivity contribution in [2.24, 2.45) is 0 Å². The van der Waals surface area contributed by atoms with Gasteiger partial charge >= 0.3 is 35.5 Å². The Labute approximate surface area is 113 Å². The summed E-state index contributed by atoms with van der Waals surface area (Å²) in [5.41, 5.74) is 0.843. The van der Waals surface area contributed by atoms with Gasteiger partial charge in [0.1, 0.15) is 0 Å². The minimum Gasteiger partial charge on any atom is -0.773 e. The van der Waals surface area contributed by atoms with Gasteiger partial charge in [-0.3, -0.25) is 9.00 Å². The molecule has 0 aromatic heterocycles. The molecule has 78 valence electrons. The molecule has 0 saturated heterocycles. The molecule has 1 rings (SSSR count). The number of hydrogen-bond donors (Lipinski definition) is 1. The first kappa shape index (κ1) is 17.2. The largest absolute Gasteiger partial charge is 1.00 e. The Kier molecular flexibility index (Phi) is 11.8. The molecule has 6 heteroatoms. The summed E-state index contributed by atoms with van der Waals surface area (Å²) in [6, 6.07) is 9.13. The number of carbonyl (C=O) groups is 1. The SMILES string of the molecule is CS(=O)[O-].O=C(O)Cc1ccccc1.[Na+]. The maximum absolute atomic E-state index is 10.2. The zero-order chi connectivity index (χ0) is 11.0. The van der Waals surface area contributed by atoms with Crippen LogP contribution in [0.15, 0.2) is 30.3 Å². The van der Waals surface area contributed by atoms with Crippen molar-refractivity contribution < 1.29 is 48.2 Å². The summed E-state index contributed by atoms with van der Waals surface area (Å²) in [5, 5.41) is 8.37. The topological polar surface area (TPSA) is 77.4 Å². The van der Waals surface area contributed by atoms with Gasteiger partial charge in [-0.1, -0.05) is 41.4 Å². The summed E-state index contributed by atoms with van der Waals surface area (Å²) in [6.45, 7) is 0. The standard InChI is InChI=1S/C8H8O2.CH4O2S.Na/c9-8(10)6-7-4-2-1-3-5-7;1-4(2)3;/h1-5H,6H2,(H,9,10);1H3,(H,2,3);/q;;+1/p-1. The second-order valence-corrected chi connectivity index (χ2v) is 3.26. The van der Waals surface area contributed by atoms with Gasteiger partial charge in [-0.25, -0.2) is 0 Å². The summed E-state index contributed by atoms with van der Waals surface area (Å²) in [4.78, 5) is 10.2. The van der Waals surface area contributed by atoms with E-state index in [0.29, 0.717) is 0 Å². The molecule has 0 aliphatic carbocycles. The smallest absolute Gasteiger partial charge is 0.773 e. The van der Waals surface area contributed by atoms with E-state index in [2.05, 4.69) is 0 Å². The quantitative estimate of drug-likeness (QED) is 0.469. The Morgan fingerprint density at radius 1 is 1.40 bits per heavy atom. The average molecular weight is 238 g/mol. The summed E-state index contributed by atoms with van der Waals surface area (Å²) in [6.07, 6.45) is 1.20. The van der Waals surface area contributed by atoms with Crippen molar-refractivity contribution in [1.29, 1.82) is 0 Å². The Bertz CT molecular complexity index is 298. The van der Waals surface area contributed by atoms with Crippen LogP contribution in [-0.4, -0.2) is 26.1 Å². The molecule has 0 amide bonds. The molecule has 0 bridgehead atoms. The third kappa shape index (κ3) is 13.8. The van der Waals surface area contributed by atoms with Gasteiger partial charge in [0.05, 0.1) is 6.42 Å². The van der Waals surface area contributed by atoms with E-state index in [1.807, 2.05) is 18.2 Å². The van der Waals surface area contributed by atoms with Crippen LogP contribution in [0.1, 0.15) is 5.56 Å². The molecule has 1 unspecified atom stereocenters. The predicted octanol–water partition coefficient (Wildman–Crippen LogP) is -2.19. The Balaban J connectivity index is 0. The van der Waals surface area contributed by atoms with Crippen molar-refractivity contribution in [2.75, 3.05) is 6.26 Å². The van der Waals surface area contributed by atoms with E-state index < -0.39 is 17.0 Å². The van der Waals surface area contributed by atoms with E-state index in [1.54, 1.807) is 12.1 Å². The second kappa shape index (κ2) is 10.3. The van der Waals surface area contributed by atoms with E-state index >= 15 is 0 Å². The van der Waals surface area contributed by atoms with E-state index in [-0.39, 0.29) is 36.0 Å². The molecule has 1 aromatic carbocycles. The number of carboxylic acids is 1. The number of benzene rings is 1. The Hall–Kier alpha value is -0.200. The van der Waals surface area contributed by atoms with Crippen molar-refractivity contribution in [1.82, 2.24) is 0 Å². The van der Waals surface area contributed by atoms with Crippen LogP contribution in [0, 0.1) is 0 Å². The maximum Gasteiger partial charge on any atom is 1.00 e. The molecule has 4 nitrogen and oxygen atoms in total. The van der Waals surface area contributed by atoms with Crippen molar-refractivity contribution in [3.63, 3.8) is 0 Å².